The smallest absolute Gasteiger partial charge is 0.341 e. The number of aromatic carboxylic acids is 2. The van der Waals surface area contributed by atoms with E-state index in [-0.39, 0.29) is 51.6 Å². The van der Waals surface area contributed by atoms with Gasteiger partial charge in [0.05, 0.1) is 34.6 Å². The number of hydrogen-bond donors (Lipinski definition) is 4. The largest absolute Gasteiger partial charge is 0.492 e. The number of nitrogens with zero attached hydrogens (tertiary/aromatic N) is 4. The Bertz CT molecular complexity index is 2260. The number of fused-ring (bicyclic) bond motifs is 2. The summed E-state index contributed by atoms with van der Waals surface area (Å²) in [4.78, 5) is 52.3. The van der Waals surface area contributed by atoms with Crippen LogP contribution < -0.4 is 36.0 Å². The molecule has 13 nitrogen and oxygen atoms in total. The first-order chi connectivity index (χ1) is 25.3. The van der Waals surface area contributed by atoms with Crippen LogP contribution in [0.1, 0.15) is 77.9 Å². The number of halogens is 2. The molecule has 0 spiro atoms. The maximum Gasteiger partial charge on any atom is 0.341 e. The third kappa shape index (κ3) is 6.71. The van der Waals surface area contributed by atoms with E-state index in [4.69, 9.17) is 4.74 Å². The fourth-order valence-corrected chi connectivity index (χ4v) is 7.70. The van der Waals surface area contributed by atoms with Gasteiger partial charge in [0, 0.05) is 81.4 Å². The second kappa shape index (κ2) is 14.1. The van der Waals surface area contributed by atoms with Crippen LogP contribution in [0.25, 0.3) is 21.8 Å². The minimum Gasteiger partial charge on any atom is -0.492 e. The molecule has 4 N–H and O–H groups in total. The second-order valence-corrected chi connectivity index (χ2v) is 14.6. The highest BCUT2D eigenvalue weighted by molar-refractivity contribution is 5.97. The number of carboxylic acids is 2. The molecule has 0 amide bonds. The lowest BCUT2D eigenvalue weighted by Gasteiger charge is -2.35. The number of ether oxygens (including phenoxy) is 1. The van der Waals surface area contributed by atoms with Gasteiger partial charge in [0.1, 0.15) is 22.6 Å². The highest BCUT2D eigenvalue weighted by Crippen LogP contribution is 2.44. The van der Waals surface area contributed by atoms with Gasteiger partial charge in [-0.25, -0.2) is 18.4 Å². The van der Waals surface area contributed by atoms with E-state index in [0.29, 0.717) is 54.3 Å². The van der Waals surface area contributed by atoms with Crippen LogP contribution in [0.4, 0.5) is 20.2 Å². The van der Waals surface area contributed by atoms with E-state index in [2.05, 4.69) is 17.6 Å². The van der Waals surface area contributed by atoms with Crippen LogP contribution in [-0.4, -0.2) is 89.7 Å². The van der Waals surface area contributed by atoms with Crippen molar-refractivity contribution in [2.45, 2.75) is 70.6 Å². The molecule has 4 aliphatic rings. The maximum atomic E-state index is 15.1. The quantitative estimate of drug-likeness (QED) is 0.215. The number of aryl methyl sites for hydroxylation is 1. The van der Waals surface area contributed by atoms with Crippen molar-refractivity contribution < 1.29 is 33.3 Å². The molecule has 53 heavy (non-hydrogen) atoms. The standard InChI is InChI=1S/C19H22FN3O4.C19H22FN3O3/c1-10-8-22(6-5-21-10)16-14(20)7-12-15(18(16)27-2)23(11-3-4-11)9-13(17(12)24)19(25)26;1-10-8-22(6-5-21-10)15-7-14-16(11(2)17(15)20)18(24)13(19(25)26)9-23(14)12-3-4-12/h7,9-11,21H,3-6,8H2,1-2H3,(H,25,26);7,9-10,12,21H,3-6,8H2,1-2H3,(H,25,26). The van der Waals surface area contributed by atoms with Crippen molar-refractivity contribution in [1.29, 1.82) is 0 Å². The van der Waals surface area contributed by atoms with Gasteiger partial charge in [-0.3, -0.25) is 9.59 Å². The molecule has 2 aromatic heterocycles. The third-order valence-corrected chi connectivity index (χ3v) is 10.6. The van der Waals surface area contributed by atoms with Crippen LogP contribution in [-0.2, 0) is 0 Å². The monoisotopic (exact) mass is 734 g/mol. The molecule has 4 fully saturated rings. The first kappa shape index (κ1) is 36.3. The fourth-order valence-electron chi connectivity index (χ4n) is 7.70. The van der Waals surface area contributed by atoms with E-state index in [1.807, 2.05) is 21.3 Å². The lowest BCUT2D eigenvalue weighted by molar-refractivity contribution is 0.0684. The summed E-state index contributed by atoms with van der Waals surface area (Å²) in [5.41, 5.74) is 0.199. The van der Waals surface area contributed by atoms with Crippen LogP contribution in [0.2, 0.25) is 0 Å². The molecular formula is C38H44F2N6O7. The van der Waals surface area contributed by atoms with E-state index in [1.165, 1.54) is 19.5 Å². The normalized spacial score (nSPS) is 20.3. The molecule has 2 aromatic carbocycles. The number of carboxylic acid groups (broad SMARTS) is 2. The first-order valence-corrected chi connectivity index (χ1v) is 18.1. The molecule has 2 saturated carbocycles. The lowest BCUT2D eigenvalue weighted by atomic mass is 10.0. The van der Waals surface area contributed by atoms with Gasteiger partial charge in [0.2, 0.25) is 10.9 Å². The molecule has 0 bridgehead atoms. The zero-order valence-corrected chi connectivity index (χ0v) is 30.2. The number of methoxy groups -OCH3 is 1. The van der Waals surface area contributed by atoms with Crippen LogP contribution in [0.5, 0.6) is 5.75 Å². The van der Waals surface area contributed by atoms with Gasteiger partial charge in [-0.1, -0.05) is 0 Å². The summed E-state index contributed by atoms with van der Waals surface area (Å²) >= 11 is 0. The lowest BCUT2D eigenvalue weighted by Crippen LogP contribution is -2.49. The van der Waals surface area contributed by atoms with E-state index in [9.17, 15) is 29.4 Å². The zero-order valence-electron chi connectivity index (χ0n) is 30.2. The number of piperazine rings is 2. The molecule has 282 valence electrons. The van der Waals surface area contributed by atoms with Gasteiger partial charge in [-0.15, -0.1) is 0 Å². The molecule has 0 radical (unpaired) electrons. The van der Waals surface area contributed by atoms with Crippen molar-refractivity contribution in [3.05, 3.63) is 73.3 Å². The average molecular weight is 735 g/mol. The Morgan fingerprint density at radius 2 is 1.38 bits per heavy atom. The number of aromatic nitrogens is 2. The van der Waals surface area contributed by atoms with Crippen molar-refractivity contribution in [2.75, 3.05) is 56.2 Å². The Balaban J connectivity index is 0.000000164. The minimum absolute atomic E-state index is 0.0445. The Kier molecular flexibility index (Phi) is 9.66. The summed E-state index contributed by atoms with van der Waals surface area (Å²) < 4.78 is 39.5. The molecule has 4 aromatic rings. The van der Waals surface area contributed by atoms with Gasteiger partial charge in [-0.05, 0) is 58.6 Å². The van der Waals surface area contributed by atoms with E-state index < -0.39 is 34.4 Å². The Hall–Kier alpha value is -5.02. The third-order valence-electron chi connectivity index (χ3n) is 10.6. The van der Waals surface area contributed by atoms with Gasteiger partial charge in [0.25, 0.3) is 0 Å². The summed E-state index contributed by atoms with van der Waals surface area (Å²) in [5, 5.41) is 25.6. The van der Waals surface area contributed by atoms with Gasteiger partial charge >= 0.3 is 11.9 Å². The SMILES string of the molecule is COc1c(N2CCNC(C)C2)c(F)cc2c(=O)c(C(=O)O)cn(C3CC3)c12.Cc1c(F)c(N2CCNC(C)C2)cc2c1c(=O)c(C(=O)O)cn2C1CC1. The van der Waals surface area contributed by atoms with E-state index in [1.54, 1.807) is 17.6 Å². The van der Waals surface area contributed by atoms with Crippen molar-refractivity contribution in [3.8, 4) is 5.75 Å². The Morgan fingerprint density at radius 1 is 0.830 bits per heavy atom. The fraction of sp³-hybridized carbons (Fsp3) is 0.474. The van der Waals surface area contributed by atoms with Crippen LogP contribution >= 0.6 is 0 Å². The number of nitrogens with one attached hydrogen (secondary N) is 2. The van der Waals surface area contributed by atoms with Crippen LogP contribution in [0.15, 0.2) is 34.1 Å². The average Bonchev–Trinajstić information content (AvgIpc) is 4.05. The predicted octanol–water partition coefficient (Wildman–Crippen LogP) is 4.26. The number of rotatable bonds is 7. The molecule has 4 heterocycles. The summed E-state index contributed by atoms with van der Waals surface area (Å²) in [6, 6.07) is 3.60. The van der Waals surface area contributed by atoms with E-state index >= 15 is 8.78 Å². The van der Waals surface area contributed by atoms with Crippen molar-refractivity contribution in [3.63, 3.8) is 0 Å². The topological polar surface area (TPSA) is 158 Å². The highest BCUT2D eigenvalue weighted by atomic mass is 19.1. The van der Waals surface area contributed by atoms with Crippen LogP contribution in [0.3, 0.4) is 0 Å². The molecule has 2 aliphatic heterocycles. The molecule has 2 unspecified atom stereocenters. The zero-order chi connectivity index (χ0) is 37.9. The summed E-state index contributed by atoms with van der Waals surface area (Å²) in [5.74, 6) is -3.30. The summed E-state index contributed by atoms with van der Waals surface area (Å²) in [6.07, 6.45) is 6.44. The Morgan fingerprint density at radius 3 is 1.94 bits per heavy atom. The number of carbonyl (C=O) groups is 2. The van der Waals surface area contributed by atoms with Crippen LogP contribution in [0, 0.1) is 18.6 Å². The summed E-state index contributed by atoms with van der Waals surface area (Å²) in [6.45, 7) is 9.73. The highest BCUT2D eigenvalue weighted by Gasteiger charge is 2.33. The van der Waals surface area contributed by atoms with Gasteiger partial charge < -0.3 is 44.5 Å². The second-order valence-electron chi connectivity index (χ2n) is 14.6. The molecule has 15 heteroatoms. The molecule has 2 atom stereocenters. The predicted molar refractivity (Wildman–Crippen MR) is 197 cm³/mol. The number of pyridine rings is 2. The minimum atomic E-state index is -1.31. The van der Waals surface area contributed by atoms with Gasteiger partial charge in [0.15, 0.2) is 11.6 Å². The first-order valence-electron chi connectivity index (χ1n) is 18.1. The number of benzene rings is 2. The van der Waals surface area contributed by atoms with Gasteiger partial charge in [-0.2, -0.15) is 0 Å². The molecular weight excluding hydrogens is 690 g/mol. The maximum absolute atomic E-state index is 15.1. The molecule has 2 saturated heterocycles. The number of hydrogen-bond acceptors (Lipinski definition) is 9. The molecule has 2 aliphatic carbocycles. The van der Waals surface area contributed by atoms with Crippen molar-refractivity contribution >= 4 is 45.1 Å². The van der Waals surface area contributed by atoms with Crippen molar-refractivity contribution in [1.82, 2.24) is 19.8 Å². The Labute approximate surface area is 303 Å². The summed E-state index contributed by atoms with van der Waals surface area (Å²) in [7, 11) is 1.45. The molecule has 8 rings (SSSR count). The van der Waals surface area contributed by atoms with Crippen molar-refractivity contribution in [2.24, 2.45) is 0 Å². The van der Waals surface area contributed by atoms with E-state index in [0.717, 1.165) is 44.8 Å². The number of anilines is 2.